The van der Waals surface area contributed by atoms with Crippen LogP contribution >= 0.6 is 0 Å². The number of hydrogen-bond acceptors (Lipinski definition) is 3. The largest absolute Gasteiger partial charge is 0.281 e. The minimum absolute atomic E-state index is 0.130. The lowest BCUT2D eigenvalue weighted by atomic mass is 9.70. The number of nitrogens with one attached hydrogen (secondary N) is 2. The van der Waals surface area contributed by atoms with Crippen LogP contribution < -0.4 is 4.72 Å². The van der Waals surface area contributed by atoms with Gasteiger partial charge in [-0.2, -0.15) is 5.10 Å². The highest BCUT2D eigenvalue weighted by Crippen LogP contribution is 2.55. The van der Waals surface area contributed by atoms with Gasteiger partial charge in [0.15, 0.2) is 0 Å². The molecule has 0 aliphatic heterocycles. The Morgan fingerprint density at radius 3 is 2.65 bits per heavy atom. The van der Waals surface area contributed by atoms with Crippen molar-refractivity contribution in [1.29, 1.82) is 0 Å². The first-order chi connectivity index (χ1) is 9.53. The molecule has 0 amide bonds. The maximum absolute atomic E-state index is 12.5. The number of aromatic nitrogens is 2. The Morgan fingerprint density at radius 1 is 1.20 bits per heavy atom. The number of sulfonamides is 1. The lowest BCUT2D eigenvalue weighted by Crippen LogP contribution is -2.45. The molecular formula is C14H21N3O2S. The summed E-state index contributed by atoms with van der Waals surface area (Å²) in [5.41, 5.74) is 0.612. The van der Waals surface area contributed by atoms with E-state index in [0.29, 0.717) is 16.5 Å². The third-order valence-electron chi connectivity index (χ3n) is 5.63. The molecule has 3 bridgehead atoms. The van der Waals surface area contributed by atoms with Crippen molar-refractivity contribution in [3.8, 4) is 0 Å². The summed E-state index contributed by atoms with van der Waals surface area (Å²) in [6, 6.07) is 0.130. The number of nitrogens with zero attached hydrogens (tertiary/aromatic N) is 1. The molecule has 5 atom stereocenters. The van der Waals surface area contributed by atoms with Crippen molar-refractivity contribution in [2.75, 3.05) is 0 Å². The standard InChI is InChI=1S/C14H21N3O2S/c1-8-14(7-15-16-8)20(18,19)17-13-6-10-2-9-3-11(4-10)12(13)5-9/h7,9-13,17H,2-6H2,1H3,(H,15,16). The van der Waals surface area contributed by atoms with Crippen LogP contribution in [0.25, 0.3) is 0 Å². The normalized spacial score (nSPS) is 39.4. The molecule has 3 aliphatic carbocycles. The molecule has 1 aromatic heterocycles. The first kappa shape index (κ1) is 12.8. The van der Waals surface area contributed by atoms with Crippen LogP contribution in [0, 0.1) is 30.6 Å². The molecule has 20 heavy (non-hydrogen) atoms. The monoisotopic (exact) mass is 295 g/mol. The Balaban J connectivity index is 1.59. The van der Waals surface area contributed by atoms with Gasteiger partial charge in [0.1, 0.15) is 4.90 Å². The molecule has 1 heterocycles. The second kappa shape index (κ2) is 4.31. The minimum Gasteiger partial charge on any atom is -0.281 e. The zero-order chi connectivity index (χ0) is 13.9. The van der Waals surface area contributed by atoms with Gasteiger partial charge in [-0.05, 0) is 62.7 Å². The predicted molar refractivity (Wildman–Crippen MR) is 74.5 cm³/mol. The number of aromatic amines is 1. The average molecular weight is 295 g/mol. The van der Waals surface area contributed by atoms with E-state index in [0.717, 1.165) is 24.2 Å². The van der Waals surface area contributed by atoms with Gasteiger partial charge in [-0.25, -0.2) is 13.1 Å². The van der Waals surface area contributed by atoms with Gasteiger partial charge in [0, 0.05) is 6.04 Å². The topological polar surface area (TPSA) is 74.8 Å². The fourth-order valence-corrected chi connectivity index (χ4v) is 6.40. The fourth-order valence-electron chi connectivity index (χ4n) is 4.96. The summed E-state index contributed by atoms with van der Waals surface area (Å²) in [7, 11) is -3.43. The van der Waals surface area contributed by atoms with Crippen molar-refractivity contribution < 1.29 is 8.42 Å². The smallest absolute Gasteiger partial charge is 0.244 e. The van der Waals surface area contributed by atoms with E-state index in [4.69, 9.17) is 0 Å². The summed E-state index contributed by atoms with van der Waals surface area (Å²) in [5.74, 6) is 2.90. The van der Waals surface area contributed by atoms with E-state index < -0.39 is 10.0 Å². The van der Waals surface area contributed by atoms with Crippen LogP contribution in [0.5, 0.6) is 0 Å². The van der Waals surface area contributed by atoms with E-state index >= 15 is 0 Å². The van der Waals surface area contributed by atoms with Crippen LogP contribution in [-0.2, 0) is 10.0 Å². The Kier molecular flexibility index (Phi) is 2.76. The number of rotatable bonds is 3. The van der Waals surface area contributed by atoms with Crippen molar-refractivity contribution in [3.63, 3.8) is 0 Å². The molecule has 3 saturated carbocycles. The first-order valence-electron chi connectivity index (χ1n) is 7.55. The summed E-state index contributed by atoms with van der Waals surface area (Å²) < 4.78 is 28.0. The molecule has 0 spiro atoms. The molecule has 5 nitrogen and oxygen atoms in total. The van der Waals surface area contributed by atoms with Gasteiger partial charge in [-0.1, -0.05) is 0 Å². The van der Waals surface area contributed by atoms with Gasteiger partial charge in [-0.3, -0.25) is 5.10 Å². The molecule has 3 fully saturated rings. The number of aryl methyl sites for hydroxylation is 1. The van der Waals surface area contributed by atoms with Gasteiger partial charge in [0.2, 0.25) is 10.0 Å². The van der Waals surface area contributed by atoms with Gasteiger partial charge in [-0.15, -0.1) is 0 Å². The second-order valence-corrected chi connectivity index (χ2v) is 8.60. The molecule has 0 radical (unpaired) electrons. The Hall–Kier alpha value is -0.880. The van der Waals surface area contributed by atoms with Crippen molar-refractivity contribution >= 4 is 10.0 Å². The SMILES string of the molecule is Cc1[nH]ncc1S(=O)(=O)NC1CC2CC3CC(C2)C1C3. The highest BCUT2D eigenvalue weighted by atomic mass is 32.2. The molecule has 6 heteroatoms. The van der Waals surface area contributed by atoms with Crippen molar-refractivity contribution in [2.24, 2.45) is 23.7 Å². The van der Waals surface area contributed by atoms with Gasteiger partial charge in [0.05, 0.1) is 11.9 Å². The lowest BCUT2D eigenvalue weighted by molar-refractivity contribution is 0.149. The maximum atomic E-state index is 12.5. The van der Waals surface area contributed by atoms with E-state index in [1.165, 1.54) is 31.9 Å². The van der Waals surface area contributed by atoms with Crippen LogP contribution in [0.1, 0.15) is 37.8 Å². The summed E-state index contributed by atoms with van der Waals surface area (Å²) in [5, 5.41) is 6.53. The second-order valence-electron chi connectivity index (χ2n) is 6.92. The average Bonchev–Trinajstić information content (AvgIpc) is 2.89. The van der Waals surface area contributed by atoms with Crippen LogP contribution in [0.4, 0.5) is 0 Å². The zero-order valence-electron chi connectivity index (χ0n) is 11.7. The van der Waals surface area contributed by atoms with Crippen molar-refractivity contribution in [1.82, 2.24) is 14.9 Å². The maximum Gasteiger partial charge on any atom is 0.244 e. The fraction of sp³-hybridized carbons (Fsp3) is 0.786. The van der Waals surface area contributed by atoms with E-state index in [1.54, 1.807) is 6.92 Å². The Bertz CT molecular complexity index is 622. The number of fused-ring (bicyclic) bond motifs is 2. The van der Waals surface area contributed by atoms with Crippen LogP contribution in [0.15, 0.2) is 11.1 Å². The summed E-state index contributed by atoms with van der Waals surface area (Å²) in [6.07, 6.45) is 7.61. The van der Waals surface area contributed by atoms with Crippen LogP contribution in [0.3, 0.4) is 0 Å². The summed E-state index contributed by atoms with van der Waals surface area (Å²) in [6.45, 7) is 1.75. The van der Waals surface area contributed by atoms with Crippen molar-refractivity contribution in [3.05, 3.63) is 11.9 Å². The number of H-pyrrole nitrogens is 1. The summed E-state index contributed by atoms with van der Waals surface area (Å²) in [4.78, 5) is 0.296. The molecule has 0 aromatic carbocycles. The van der Waals surface area contributed by atoms with Crippen LogP contribution in [0.2, 0.25) is 0 Å². The molecule has 110 valence electrons. The lowest BCUT2D eigenvalue weighted by Gasteiger charge is -2.39. The highest BCUT2D eigenvalue weighted by molar-refractivity contribution is 7.89. The summed E-state index contributed by atoms with van der Waals surface area (Å²) >= 11 is 0. The van der Waals surface area contributed by atoms with Gasteiger partial charge >= 0.3 is 0 Å². The first-order valence-corrected chi connectivity index (χ1v) is 9.03. The third-order valence-corrected chi connectivity index (χ3v) is 7.24. The van der Waals surface area contributed by atoms with Gasteiger partial charge < -0.3 is 0 Å². The van der Waals surface area contributed by atoms with E-state index in [2.05, 4.69) is 14.9 Å². The minimum atomic E-state index is -3.43. The zero-order valence-corrected chi connectivity index (χ0v) is 12.5. The molecular weight excluding hydrogens is 274 g/mol. The van der Waals surface area contributed by atoms with Crippen LogP contribution in [-0.4, -0.2) is 24.7 Å². The quantitative estimate of drug-likeness (QED) is 0.893. The molecule has 1 aromatic rings. The van der Waals surface area contributed by atoms with E-state index in [-0.39, 0.29) is 6.04 Å². The Labute approximate surface area is 119 Å². The van der Waals surface area contributed by atoms with Crippen molar-refractivity contribution in [2.45, 2.75) is 50.0 Å². The Morgan fingerprint density at radius 2 is 1.95 bits per heavy atom. The van der Waals surface area contributed by atoms with E-state index in [1.807, 2.05) is 0 Å². The molecule has 0 saturated heterocycles. The molecule has 2 N–H and O–H groups in total. The third kappa shape index (κ3) is 1.92. The highest BCUT2D eigenvalue weighted by Gasteiger charge is 2.49. The molecule has 4 rings (SSSR count). The number of hydrogen-bond donors (Lipinski definition) is 2. The molecule has 3 aliphatic rings. The van der Waals surface area contributed by atoms with Gasteiger partial charge in [0.25, 0.3) is 0 Å². The van der Waals surface area contributed by atoms with E-state index in [9.17, 15) is 8.42 Å². The molecule has 5 unspecified atom stereocenters. The predicted octanol–water partition coefficient (Wildman–Crippen LogP) is 1.82.